The van der Waals surface area contributed by atoms with Crippen molar-refractivity contribution in [3.05, 3.63) is 22.0 Å². The molecule has 0 aromatic carbocycles. The number of piperazine rings is 1. The van der Waals surface area contributed by atoms with Crippen LogP contribution in [0.15, 0.2) is 22.0 Å². The molecule has 5 atom stereocenters. The fourth-order valence-electron chi connectivity index (χ4n) is 4.59. The number of amides is 1. The number of primary amides is 1. The third-order valence-corrected chi connectivity index (χ3v) is 6.06. The number of allylic oxidation sites excluding steroid dienone is 2. The zero-order valence-corrected chi connectivity index (χ0v) is 14.4. The molecule has 2 fully saturated rings. The molecule has 1 amide bonds. The number of hydrogen-bond acceptors (Lipinski definition) is 8. The van der Waals surface area contributed by atoms with E-state index >= 15 is 0 Å². The predicted molar refractivity (Wildman–Crippen MR) is 84.9 cm³/mol. The zero-order chi connectivity index (χ0) is 18.3. The van der Waals surface area contributed by atoms with Crippen LogP contribution < -0.4 is 11.5 Å². The highest BCUT2D eigenvalue weighted by atomic mass is 35.5. The SMILES string of the molecule is CO[C@@]12[C@H](COC(N)=O)C3=C(C(=O)C(Cl)=C(N)C3=O)N1C[C@H]1[C@@H]2N1C. The molecule has 25 heavy (non-hydrogen) atoms. The summed E-state index contributed by atoms with van der Waals surface area (Å²) in [4.78, 5) is 40.5. The number of ether oxygens (including phenoxy) is 2. The average molecular weight is 369 g/mol. The minimum atomic E-state index is -1.01. The molecular weight excluding hydrogens is 352 g/mol. The van der Waals surface area contributed by atoms with Crippen molar-refractivity contribution >= 4 is 29.3 Å². The first-order valence-corrected chi connectivity index (χ1v) is 8.10. The molecule has 0 aromatic heterocycles. The number of Topliss-reactive ketones (excluding diaryl/α,β-unsaturated/α-hetero) is 2. The van der Waals surface area contributed by atoms with Crippen LogP contribution in [0.4, 0.5) is 4.79 Å². The molecular formula is C15H17ClN4O5. The van der Waals surface area contributed by atoms with Gasteiger partial charge in [-0.2, -0.15) is 0 Å². The Labute approximate surface area is 148 Å². The molecule has 0 aromatic rings. The van der Waals surface area contributed by atoms with Crippen LogP contribution in [-0.2, 0) is 19.1 Å². The number of nitrogens with two attached hydrogens (primary N) is 2. The van der Waals surface area contributed by atoms with Crippen LogP contribution in [0.3, 0.4) is 0 Å². The van der Waals surface area contributed by atoms with Gasteiger partial charge in [-0.3, -0.25) is 14.5 Å². The molecule has 1 aliphatic carbocycles. The molecule has 4 N–H and O–H groups in total. The van der Waals surface area contributed by atoms with Crippen molar-refractivity contribution in [2.24, 2.45) is 17.4 Å². The van der Waals surface area contributed by atoms with E-state index in [9.17, 15) is 14.4 Å². The maximum absolute atomic E-state index is 12.8. The van der Waals surface area contributed by atoms with E-state index in [0.29, 0.717) is 6.54 Å². The molecule has 9 nitrogen and oxygen atoms in total. The molecule has 3 heterocycles. The Morgan fingerprint density at radius 2 is 2.08 bits per heavy atom. The normalized spacial score (nSPS) is 38.8. The number of nitrogens with zero attached hydrogens (tertiary/aromatic N) is 2. The Bertz CT molecular complexity index is 793. The number of fused-ring (bicyclic) bond motifs is 4. The van der Waals surface area contributed by atoms with Gasteiger partial charge in [0.2, 0.25) is 11.6 Å². The van der Waals surface area contributed by atoms with Crippen LogP contribution in [0.2, 0.25) is 0 Å². The molecule has 134 valence electrons. The third kappa shape index (κ3) is 1.77. The first-order valence-electron chi connectivity index (χ1n) is 7.73. The Hall–Kier alpha value is -2.10. The molecule has 0 bridgehead atoms. The topological polar surface area (TPSA) is 128 Å². The second kappa shape index (κ2) is 4.96. The van der Waals surface area contributed by atoms with Crippen LogP contribution in [0.5, 0.6) is 0 Å². The summed E-state index contributed by atoms with van der Waals surface area (Å²) >= 11 is 5.98. The zero-order valence-electron chi connectivity index (χ0n) is 13.6. The highest BCUT2D eigenvalue weighted by Crippen LogP contribution is 2.59. The van der Waals surface area contributed by atoms with E-state index in [0.717, 1.165) is 0 Å². The smallest absolute Gasteiger partial charge is 0.404 e. The number of halogens is 1. The molecule has 0 spiro atoms. The summed E-state index contributed by atoms with van der Waals surface area (Å²) in [5.41, 5.74) is 9.88. The van der Waals surface area contributed by atoms with Gasteiger partial charge >= 0.3 is 6.09 Å². The van der Waals surface area contributed by atoms with E-state index in [-0.39, 0.29) is 40.7 Å². The largest absolute Gasteiger partial charge is 0.449 e. The van der Waals surface area contributed by atoms with Gasteiger partial charge < -0.3 is 25.8 Å². The Balaban J connectivity index is 1.85. The summed E-state index contributed by atoms with van der Waals surface area (Å²) in [7, 11) is 3.44. The first-order chi connectivity index (χ1) is 11.8. The second-order valence-electron chi connectivity index (χ2n) is 6.58. The minimum Gasteiger partial charge on any atom is -0.449 e. The molecule has 10 heteroatoms. The molecule has 2 saturated heterocycles. The van der Waals surface area contributed by atoms with Gasteiger partial charge in [-0.15, -0.1) is 0 Å². The lowest BCUT2D eigenvalue weighted by Gasteiger charge is -2.40. The quantitative estimate of drug-likeness (QED) is 0.473. The summed E-state index contributed by atoms with van der Waals surface area (Å²) < 4.78 is 10.8. The Morgan fingerprint density at radius 3 is 2.68 bits per heavy atom. The number of carbonyl (C=O) groups is 3. The van der Waals surface area contributed by atoms with Crippen LogP contribution in [0, 0.1) is 5.92 Å². The third-order valence-electron chi connectivity index (χ3n) is 5.68. The summed E-state index contributed by atoms with van der Waals surface area (Å²) in [5.74, 6) is -1.75. The second-order valence-corrected chi connectivity index (χ2v) is 6.95. The Morgan fingerprint density at radius 1 is 1.40 bits per heavy atom. The lowest BCUT2D eigenvalue weighted by atomic mass is 9.84. The Kier molecular flexibility index (Phi) is 3.25. The first kappa shape index (κ1) is 16.4. The fraction of sp³-hybridized carbons (Fsp3) is 0.533. The monoisotopic (exact) mass is 368 g/mol. The van der Waals surface area contributed by atoms with Crippen LogP contribution in [-0.4, -0.2) is 72.6 Å². The predicted octanol–water partition coefficient (Wildman–Crippen LogP) is -1.13. The standard InChI is InChI=1S/C15H17ClN4O5/c1-19-6-3-20-10-7(11(21)9(17)8(16)12(10)22)5(4-25-14(18)23)15(20,24-2)13(6)19/h5-6,13H,3-4,17H2,1-2H3,(H2,18,23)/t5-,6+,13+,15-,19?/m1/s1. The number of methoxy groups -OCH3 is 1. The van der Waals surface area contributed by atoms with Crippen molar-refractivity contribution in [1.82, 2.24) is 9.80 Å². The van der Waals surface area contributed by atoms with Crippen molar-refractivity contribution in [3.8, 4) is 0 Å². The van der Waals surface area contributed by atoms with Gasteiger partial charge in [0.05, 0.1) is 17.7 Å². The number of hydrogen-bond donors (Lipinski definition) is 2. The van der Waals surface area contributed by atoms with E-state index in [1.165, 1.54) is 7.11 Å². The number of likely N-dealkylation sites (N-methyl/N-ethyl adjacent to an activating group) is 1. The molecule has 4 aliphatic rings. The van der Waals surface area contributed by atoms with E-state index in [4.69, 9.17) is 32.5 Å². The van der Waals surface area contributed by atoms with Crippen molar-refractivity contribution in [2.75, 3.05) is 27.3 Å². The van der Waals surface area contributed by atoms with Crippen molar-refractivity contribution in [2.45, 2.75) is 17.8 Å². The van der Waals surface area contributed by atoms with Gasteiger partial charge in [0.1, 0.15) is 17.3 Å². The lowest BCUT2D eigenvalue weighted by Crippen LogP contribution is -2.55. The van der Waals surface area contributed by atoms with Gasteiger partial charge in [0.15, 0.2) is 5.72 Å². The highest BCUT2D eigenvalue weighted by Gasteiger charge is 2.75. The van der Waals surface area contributed by atoms with E-state index in [2.05, 4.69) is 4.90 Å². The molecule has 4 rings (SSSR count). The average Bonchev–Trinajstić information content (AvgIpc) is 2.96. The van der Waals surface area contributed by atoms with Gasteiger partial charge in [-0.1, -0.05) is 11.6 Å². The summed E-state index contributed by atoms with van der Waals surface area (Å²) in [6.45, 7) is 0.309. The highest BCUT2D eigenvalue weighted by molar-refractivity contribution is 6.49. The van der Waals surface area contributed by atoms with Crippen molar-refractivity contribution < 1.29 is 23.9 Å². The number of ketones is 2. The fourth-order valence-corrected chi connectivity index (χ4v) is 4.76. The molecule has 3 aliphatic heterocycles. The molecule has 0 saturated carbocycles. The van der Waals surface area contributed by atoms with E-state index < -0.39 is 29.3 Å². The molecule has 0 radical (unpaired) electrons. The van der Waals surface area contributed by atoms with Gasteiger partial charge in [0, 0.05) is 25.3 Å². The van der Waals surface area contributed by atoms with Crippen LogP contribution >= 0.6 is 11.6 Å². The maximum atomic E-state index is 12.8. The van der Waals surface area contributed by atoms with E-state index in [1.54, 1.807) is 4.90 Å². The number of rotatable bonds is 3. The van der Waals surface area contributed by atoms with Gasteiger partial charge in [-0.05, 0) is 7.05 Å². The van der Waals surface area contributed by atoms with E-state index in [1.807, 2.05) is 7.05 Å². The van der Waals surface area contributed by atoms with Crippen molar-refractivity contribution in [1.29, 1.82) is 0 Å². The summed E-state index contributed by atoms with van der Waals surface area (Å²) in [6, 6.07) is 0.125. The maximum Gasteiger partial charge on any atom is 0.404 e. The lowest BCUT2D eigenvalue weighted by molar-refractivity contribution is -0.144. The molecule has 1 unspecified atom stereocenters. The van der Waals surface area contributed by atoms with Crippen molar-refractivity contribution in [3.63, 3.8) is 0 Å². The van der Waals surface area contributed by atoms with Crippen LogP contribution in [0.1, 0.15) is 0 Å². The summed E-state index contributed by atoms with van der Waals surface area (Å²) in [5, 5.41) is -0.292. The van der Waals surface area contributed by atoms with Gasteiger partial charge in [0.25, 0.3) is 0 Å². The summed E-state index contributed by atoms with van der Waals surface area (Å²) in [6.07, 6.45) is -0.971. The minimum absolute atomic E-state index is 0.0508. The van der Waals surface area contributed by atoms with Crippen LogP contribution in [0.25, 0.3) is 0 Å². The van der Waals surface area contributed by atoms with Gasteiger partial charge in [-0.25, -0.2) is 4.79 Å². The number of carbonyl (C=O) groups excluding carboxylic acids is 3.